The molecule has 3 aliphatic heterocycles. The van der Waals surface area contributed by atoms with E-state index in [9.17, 15) is 24.3 Å². The van der Waals surface area contributed by atoms with Crippen LogP contribution in [0, 0.1) is 23.7 Å². The smallest absolute Gasteiger partial charge is 0.408 e. The van der Waals surface area contributed by atoms with Gasteiger partial charge in [-0.3, -0.25) is 14.4 Å². The summed E-state index contributed by atoms with van der Waals surface area (Å²) in [6.45, 7) is 13.8. The van der Waals surface area contributed by atoms with Gasteiger partial charge in [0, 0.05) is 29.2 Å². The molecule has 13 heteroatoms. The monoisotopic (exact) mass is 765 g/mol. The van der Waals surface area contributed by atoms with Gasteiger partial charge in [-0.25, -0.2) is 9.78 Å². The fourth-order valence-corrected chi connectivity index (χ4v) is 8.71. The summed E-state index contributed by atoms with van der Waals surface area (Å²) >= 11 is 0. The molecule has 3 saturated heterocycles. The lowest BCUT2D eigenvalue weighted by molar-refractivity contribution is -0.296. The number of rotatable bonds is 8. The second kappa shape index (κ2) is 17.2. The molecule has 3 fully saturated rings. The number of carbonyl (C=O) groups is 4. The quantitative estimate of drug-likeness (QED) is 0.270. The van der Waals surface area contributed by atoms with Gasteiger partial charge in [-0.15, -0.1) is 0 Å². The molecule has 2 N–H and O–H groups in total. The van der Waals surface area contributed by atoms with Gasteiger partial charge < -0.3 is 39.0 Å². The van der Waals surface area contributed by atoms with Crippen molar-refractivity contribution in [3.05, 3.63) is 48.2 Å². The number of amides is 1. The summed E-state index contributed by atoms with van der Waals surface area (Å²) in [6, 6.07) is 10.6. The predicted molar refractivity (Wildman–Crippen MR) is 206 cm³/mol. The third kappa shape index (κ3) is 8.96. The molecule has 0 radical (unpaired) electrons. The fourth-order valence-electron chi connectivity index (χ4n) is 8.71. The molecule has 1 aromatic heterocycles. The number of aromatic nitrogens is 1. The molecule has 4 heterocycles. The first-order valence-electron chi connectivity index (χ1n) is 19.5. The van der Waals surface area contributed by atoms with Gasteiger partial charge in [-0.05, 0) is 79.3 Å². The van der Waals surface area contributed by atoms with Gasteiger partial charge in [-0.2, -0.15) is 0 Å². The van der Waals surface area contributed by atoms with Crippen LogP contribution in [0.15, 0.2) is 42.5 Å². The highest BCUT2D eigenvalue weighted by atomic mass is 16.7. The highest BCUT2D eigenvalue weighted by Gasteiger charge is 2.57. The third-order valence-corrected chi connectivity index (χ3v) is 11.9. The summed E-state index contributed by atoms with van der Waals surface area (Å²) in [5.41, 5.74) is -1.17. The zero-order valence-electron chi connectivity index (χ0n) is 33.8. The van der Waals surface area contributed by atoms with E-state index in [0.29, 0.717) is 6.42 Å². The van der Waals surface area contributed by atoms with Crippen LogP contribution in [0.2, 0.25) is 0 Å². The summed E-state index contributed by atoms with van der Waals surface area (Å²) in [6.07, 6.45) is -0.733. The zero-order chi connectivity index (χ0) is 40.4. The molecule has 1 amide bonds. The molecule has 1 aromatic carbocycles. The number of ketones is 2. The van der Waals surface area contributed by atoms with Gasteiger partial charge in [0.25, 0.3) is 0 Å². The molecule has 0 saturated carbocycles. The highest BCUT2D eigenvalue weighted by molar-refractivity contribution is 6.00. The Balaban J connectivity index is 1.56. The molecular formula is C42H59N3O10. The number of para-hydroxylation sites is 1. The van der Waals surface area contributed by atoms with Crippen molar-refractivity contribution in [2.75, 3.05) is 20.7 Å². The Morgan fingerprint density at radius 3 is 2.40 bits per heavy atom. The SMILES string of the molecule is CC[C@H]1OC(=O)[C@H](C)C(=O)[C@H](C)[C@@H](O[C@@H]2O[C@H](C)C[C@H](N(C)C)[C@H]2O)[C@@](C)(OC/C=C/c2ccc3ccccc3n2)C[C@@H](C)C(=O)[C@H](C)[C@H]2NC(=O)O[C@@]21C. The van der Waals surface area contributed by atoms with E-state index in [2.05, 4.69) is 5.32 Å². The summed E-state index contributed by atoms with van der Waals surface area (Å²) in [5.74, 6) is -5.13. The normalized spacial score (nSPS) is 38.1. The van der Waals surface area contributed by atoms with E-state index in [1.807, 2.05) is 74.5 Å². The number of benzene rings is 1. The molecule has 0 spiro atoms. The first-order chi connectivity index (χ1) is 25.9. The first kappa shape index (κ1) is 42.4. The van der Waals surface area contributed by atoms with Crippen LogP contribution < -0.4 is 5.32 Å². The largest absolute Gasteiger partial charge is 0.458 e. The number of aliphatic hydroxyl groups is 1. The number of carbonyl (C=O) groups excluding carboxylic acids is 4. The van der Waals surface area contributed by atoms with Gasteiger partial charge in [0.1, 0.15) is 23.9 Å². The Morgan fingerprint density at radius 1 is 1.00 bits per heavy atom. The van der Waals surface area contributed by atoms with Crippen LogP contribution in [0.1, 0.15) is 80.3 Å². The van der Waals surface area contributed by atoms with Gasteiger partial charge in [-0.1, -0.05) is 58.0 Å². The Morgan fingerprint density at radius 2 is 1.71 bits per heavy atom. The molecular weight excluding hydrogens is 706 g/mol. The maximum atomic E-state index is 14.4. The summed E-state index contributed by atoms with van der Waals surface area (Å²) in [4.78, 5) is 62.0. The topological polar surface area (TPSA) is 163 Å². The van der Waals surface area contributed by atoms with Crippen LogP contribution in [0.25, 0.3) is 17.0 Å². The van der Waals surface area contributed by atoms with Crippen molar-refractivity contribution in [3.63, 3.8) is 0 Å². The minimum absolute atomic E-state index is 0.0490. The minimum Gasteiger partial charge on any atom is -0.458 e. The van der Waals surface area contributed by atoms with Gasteiger partial charge in [0.2, 0.25) is 0 Å². The number of hydrogen-bond donors (Lipinski definition) is 2. The van der Waals surface area contributed by atoms with Crippen molar-refractivity contribution in [2.24, 2.45) is 23.7 Å². The second-order valence-electron chi connectivity index (χ2n) is 16.3. The first-order valence-corrected chi connectivity index (χ1v) is 19.5. The van der Waals surface area contributed by atoms with Crippen LogP contribution >= 0.6 is 0 Å². The lowest BCUT2D eigenvalue weighted by Gasteiger charge is -2.47. The highest BCUT2D eigenvalue weighted by Crippen LogP contribution is 2.40. The predicted octanol–water partition coefficient (Wildman–Crippen LogP) is 5.11. The summed E-state index contributed by atoms with van der Waals surface area (Å²) < 4.78 is 31.4. The summed E-state index contributed by atoms with van der Waals surface area (Å²) in [5, 5.41) is 15.4. The lowest BCUT2D eigenvalue weighted by atomic mass is 9.73. The van der Waals surface area contributed by atoms with Gasteiger partial charge in [0.15, 0.2) is 17.7 Å². The van der Waals surface area contributed by atoms with Crippen LogP contribution in [0.3, 0.4) is 0 Å². The average Bonchev–Trinajstić information content (AvgIpc) is 3.47. The number of nitrogens with one attached hydrogen (secondary N) is 1. The van der Waals surface area contributed by atoms with E-state index in [4.69, 9.17) is 28.7 Å². The van der Waals surface area contributed by atoms with Gasteiger partial charge in [0.05, 0.1) is 41.7 Å². The number of pyridine rings is 1. The molecule has 0 unspecified atom stereocenters. The van der Waals surface area contributed by atoms with E-state index < -0.39 is 83.4 Å². The number of Topliss-reactive ketones (excluding diaryl/α,β-unsaturated/α-hetero) is 2. The lowest BCUT2D eigenvalue weighted by Crippen LogP contribution is -2.60. The molecule has 5 rings (SSSR count). The third-order valence-electron chi connectivity index (χ3n) is 11.9. The number of alkyl carbamates (subject to hydrolysis) is 1. The number of ether oxygens (including phenoxy) is 5. The standard InChI is InChI=1S/C42H59N3O10/c1-11-32-42(8)36(44-40(50)55-42)25(4)33(46)23(2)22-41(7,51-20-14-16-29-19-18-28-15-12-13-17-30(28)43-29)37(26(5)34(47)27(6)38(49)53-32)54-39-35(48)31(45(9)10)21-24(3)52-39/h12-19,23-27,31-32,35-37,39,48H,11,20-22H2,1-10H3,(H,44,50)/b16-14+/t23-,24-,25+,26+,27-,31+,32-,35-,36-,37-,39+,41+,42-/m1/s1. The van der Waals surface area contributed by atoms with Gasteiger partial charge >= 0.3 is 12.1 Å². The van der Waals surface area contributed by atoms with Crippen LogP contribution in [-0.2, 0) is 38.1 Å². The summed E-state index contributed by atoms with van der Waals surface area (Å²) in [7, 11) is 3.74. The molecule has 13 nitrogen and oxygen atoms in total. The van der Waals surface area contributed by atoms with Crippen molar-refractivity contribution in [1.29, 1.82) is 0 Å². The Hall–Kier alpha value is -3.75. The molecule has 55 heavy (non-hydrogen) atoms. The van der Waals surface area contributed by atoms with Crippen molar-refractivity contribution >= 4 is 40.6 Å². The average molecular weight is 766 g/mol. The molecule has 2 aromatic rings. The van der Waals surface area contributed by atoms with Crippen LogP contribution in [-0.4, -0.2) is 113 Å². The van der Waals surface area contributed by atoms with E-state index in [1.165, 1.54) is 6.92 Å². The van der Waals surface area contributed by atoms with Crippen LogP contribution in [0.4, 0.5) is 4.79 Å². The maximum Gasteiger partial charge on any atom is 0.408 e. The number of cyclic esters (lactones) is 1. The second-order valence-corrected chi connectivity index (χ2v) is 16.3. The Bertz CT molecular complexity index is 1750. The number of fused-ring (bicyclic) bond motifs is 2. The van der Waals surface area contributed by atoms with Crippen molar-refractivity contribution < 1.29 is 48.0 Å². The van der Waals surface area contributed by atoms with E-state index in [0.717, 1.165) is 16.6 Å². The number of hydrogen-bond acceptors (Lipinski definition) is 12. The minimum atomic E-state index is -1.38. The molecule has 0 bridgehead atoms. The van der Waals surface area contributed by atoms with E-state index in [1.54, 1.807) is 41.5 Å². The van der Waals surface area contributed by atoms with Crippen molar-refractivity contribution in [1.82, 2.24) is 15.2 Å². The van der Waals surface area contributed by atoms with Crippen LogP contribution in [0.5, 0.6) is 0 Å². The number of esters is 1. The van der Waals surface area contributed by atoms with Crippen molar-refractivity contribution in [2.45, 2.75) is 129 Å². The van der Waals surface area contributed by atoms with E-state index in [-0.39, 0.29) is 37.4 Å². The Labute approximate surface area is 324 Å². The van der Waals surface area contributed by atoms with E-state index >= 15 is 0 Å². The zero-order valence-corrected chi connectivity index (χ0v) is 33.8. The Kier molecular flexibility index (Phi) is 13.2. The molecule has 0 aliphatic carbocycles. The molecule has 13 atom stereocenters. The number of aliphatic hydroxyl groups excluding tert-OH is 1. The van der Waals surface area contributed by atoms with Crippen molar-refractivity contribution in [3.8, 4) is 0 Å². The molecule has 3 aliphatic rings. The number of likely N-dealkylation sites (N-methyl/N-ethyl adjacent to an activating group) is 1. The number of nitrogens with zero attached hydrogens (tertiary/aromatic N) is 2. The fraction of sp³-hybridized carbons (Fsp3) is 0.643. The maximum absolute atomic E-state index is 14.4. The molecule has 302 valence electrons.